The average Bonchev–Trinajstić information content (AvgIpc) is 2.69. The Morgan fingerprint density at radius 1 is 1.11 bits per heavy atom. The molecule has 0 unspecified atom stereocenters. The highest BCUT2D eigenvalue weighted by Crippen LogP contribution is 2.17. The Hall–Kier alpha value is -2.23. The second kappa shape index (κ2) is 5.18. The number of hydrogen-bond donors (Lipinski definition) is 0. The van der Waals surface area contributed by atoms with Gasteiger partial charge in [0, 0.05) is 5.56 Å². The molecule has 0 spiro atoms. The van der Waals surface area contributed by atoms with Crippen LogP contribution >= 0.6 is 0 Å². The van der Waals surface area contributed by atoms with Gasteiger partial charge in [-0.25, -0.2) is 4.39 Å². The predicted molar refractivity (Wildman–Crippen MR) is 67.9 cm³/mol. The lowest BCUT2D eigenvalue weighted by molar-refractivity contribution is 0.0893. The highest BCUT2D eigenvalue weighted by molar-refractivity contribution is 6.13. The van der Waals surface area contributed by atoms with Crippen LogP contribution in [0.25, 0.3) is 0 Å². The second-order valence-electron chi connectivity index (χ2n) is 4.36. The Bertz CT molecular complexity index is 623. The lowest BCUT2D eigenvalue weighted by atomic mass is 10.0. The first-order valence-corrected chi connectivity index (χ1v) is 5.86. The number of halogens is 1. The molecule has 19 heavy (non-hydrogen) atoms. The van der Waals surface area contributed by atoms with E-state index in [1.54, 1.807) is 19.9 Å². The summed E-state index contributed by atoms with van der Waals surface area (Å²) < 4.78 is 18.0. The summed E-state index contributed by atoms with van der Waals surface area (Å²) in [5.41, 5.74) is 0.751. The molecule has 2 aromatic rings. The molecule has 0 radical (unpaired) electrons. The van der Waals surface area contributed by atoms with Crippen molar-refractivity contribution < 1.29 is 18.4 Å². The predicted octanol–water partition coefficient (Wildman–Crippen LogP) is 3.49. The number of furan rings is 1. The fourth-order valence-corrected chi connectivity index (χ4v) is 1.89. The van der Waals surface area contributed by atoms with E-state index in [2.05, 4.69) is 0 Å². The molecule has 0 saturated heterocycles. The van der Waals surface area contributed by atoms with E-state index in [4.69, 9.17) is 4.42 Å². The van der Waals surface area contributed by atoms with Gasteiger partial charge in [-0.15, -0.1) is 0 Å². The van der Waals surface area contributed by atoms with E-state index in [-0.39, 0.29) is 18.0 Å². The first-order chi connectivity index (χ1) is 8.97. The lowest BCUT2D eigenvalue weighted by Crippen LogP contribution is -2.08. The molecule has 0 amide bonds. The maximum atomic E-state index is 12.7. The number of carbonyl (C=O) groups excluding carboxylic acids is 2. The molecule has 3 nitrogen and oxygen atoms in total. The average molecular weight is 260 g/mol. The number of Topliss-reactive ketones (excluding diaryl/α,β-unsaturated/α-hetero) is 2. The summed E-state index contributed by atoms with van der Waals surface area (Å²) in [5.74, 6) is 0.112. The van der Waals surface area contributed by atoms with Crippen molar-refractivity contribution in [3.8, 4) is 0 Å². The molecule has 0 bridgehead atoms. The number of benzene rings is 1. The van der Waals surface area contributed by atoms with Crippen LogP contribution in [-0.4, -0.2) is 11.6 Å². The largest absolute Gasteiger partial charge is 0.466 e. The Morgan fingerprint density at radius 2 is 1.74 bits per heavy atom. The Morgan fingerprint density at radius 3 is 2.26 bits per heavy atom. The summed E-state index contributed by atoms with van der Waals surface area (Å²) in [6, 6.07) is 6.77. The maximum Gasteiger partial charge on any atom is 0.174 e. The normalized spacial score (nSPS) is 10.5. The third-order valence-electron chi connectivity index (χ3n) is 2.83. The van der Waals surface area contributed by atoms with Crippen molar-refractivity contribution in [3.63, 3.8) is 0 Å². The summed E-state index contributed by atoms with van der Waals surface area (Å²) >= 11 is 0. The summed E-state index contributed by atoms with van der Waals surface area (Å²) in [5, 5.41) is 0. The molecular weight excluding hydrogens is 247 g/mol. The lowest BCUT2D eigenvalue weighted by Gasteiger charge is -2.00. The minimum absolute atomic E-state index is 0.245. The highest BCUT2D eigenvalue weighted by Gasteiger charge is 2.18. The van der Waals surface area contributed by atoms with Gasteiger partial charge in [0.2, 0.25) is 0 Å². The van der Waals surface area contributed by atoms with Crippen molar-refractivity contribution in [2.45, 2.75) is 20.3 Å². The standard InChI is InChI=1S/C15H13FO3/c1-9-7-13(10(2)19-9)15(18)8-14(17)11-3-5-12(16)6-4-11/h3-7H,8H2,1-2H3. The minimum Gasteiger partial charge on any atom is -0.466 e. The van der Waals surface area contributed by atoms with Crippen LogP contribution in [0.3, 0.4) is 0 Å². The number of aryl methyl sites for hydroxylation is 2. The molecule has 2 rings (SSSR count). The van der Waals surface area contributed by atoms with Crippen LogP contribution in [0.1, 0.15) is 38.7 Å². The Kier molecular flexibility index (Phi) is 3.60. The zero-order valence-electron chi connectivity index (χ0n) is 10.7. The summed E-state index contributed by atoms with van der Waals surface area (Å²) in [6.07, 6.45) is -0.245. The van der Waals surface area contributed by atoms with Gasteiger partial charge < -0.3 is 4.42 Å². The van der Waals surface area contributed by atoms with E-state index in [0.717, 1.165) is 0 Å². The van der Waals surface area contributed by atoms with Gasteiger partial charge in [0.05, 0.1) is 12.0 Å². The van der Waals surface area contributed by atoms with Gasteiger partial charge >= 0.3 is 0 Å². The molecule has 0 atom stereocenters. The topological polar surface area (TPSA) is 47.3 Å². The van der Waals surface area contributed by atoms with Crippen LogP contribution in [0.5, 0.6) is 0 Å². The summed E-state index contributed by atoms with van der Waals surface area (Å²) in [4.78, 5) is 23.9. The fraction of sp³-hybridized carbons (Fsp3) is 0.200. The van der Waals surface area contributed by atoms with Crippen LogP contribution in [0, 0.1) is 19.7 Å². The van der Waals surface area contributed by atoms with Gasteiger partial charge in [-0.3, -0.25) is 9.59 Å². The van der Waals surface area contributed by atoms with Crippen molar-refractivity contribution in [1.29, 1.82) is 0 Å². The molecule has 0 aliphatic heterocycles. The molecule has 0 fully saturated rings. The van der Waals surface area contributed by atoms with Gasteiger partial charge in [-0.2, -0.15) is 0 Å². The SMILES string of the molecule is Cc1cc(C(=O)CC(=O)c2ccc(F)cc2)c(C)o1. The molecule has 0 N–H and O–H groups in total. The molecule has 1 aromatic heterocycles. The van der Waals surface area contributed by atoms with Crippen LogP contribution in [0.15, 0.2) is 34.7 Å². The quantitative estimate of drug-likeness (QED) is 0.624. The van der Waals surface area contributed by atoms with Crippen molar-refractivity contribution in [3.05, 3.63) is 58.8 Å². The van der Waals surface area contributed by atoms with Crippen LogP contribution in [0.4, 0.5) is 4.39 Å². The van der Waals surface area contributed by atoms with E-state index in [1.807, 2.05) is 0 Å². The first kappa shape index (κ1) is 13.2. The van der Waals surface area contributed by atoms with E-state index in [9.17, 15) is 14.0 Å². The second-order valence-corrected chi connectivity index (χ2v) is 4.36. The molecule has 98 valence electrons. The maximum absolute atomic E-state index is 12.7. The smallest absolute Gasteiger partial charge is 0.174 e. The van der Waals surface area contributed by atoms with Crippen LogP contribution in [-0.2, 0) is 0 Å². The molecule has 0 aliphatic rings. The minimum atomic E-state index is -0.413. The van der Waals surface area contributed by atoms with Crippen LogP contribution in [0.2, 0.25) is 0 Å². The zero-order chi connectivity index (χ0) is 14.0. The number of rotatable bonds is 4. The third kappa shape index (κ3) is 2.96. The molecule has 0 saturated carbocycles. The van der Waals surface area contributed by atoms with Gasteiger partial charge in [0.15, 0.2) is 11.6 Å². The summed E-state index contributed by atoms with van der Waals surface area (Å²) in [7, 11) is 0. The van der Waals surface area contributed by atoms with Crippen molar-refractivity contribution in [2.75, 3.05) is 0 Å². The monoisotopic (exact) mass is 260 g/mol. The van der Waals surface area contributed by atoms with Gasteiger partial charge in [0.25, 0.3) is 0 Å². The van der Waals surface area contributed by atoms with Gasteiger partial charge in [0.1, 0.15) is 17.3 Å². The van der Waals surface area contributed by atoms with Gasteiger partial charge in [-0.05, 0) is 44.2 Å². The molecular formula is C15H13FO3. The first-order valence-electron chi connectivity index (χ1n) is 5.86. The number of carbonyl (C=O) groups is 2. The van der Waals surface area contributed by atoms with E-state index in [0.29, 0.717) is 22.6 Å². The van der Waals surface area contributed by atoms with E-state index in [1.165, 1.54) is 24.3 Å². The highest BCUT2D eigenvalue weighted by atomic mass is 19.1. The van der Waals surface area contributed by atoms with Crippen molar-refractivity contribution in [2.24, 2.45) is 0 Å². The zero-order valence-corrected chi connectivity index (χ0v) is 10.7. The summed E-state index contributed by atoms with van der Waals surface area (Å²) in [6.45, 7) is 3.42. The van der Waals surface area contributed by atoms with Crippen LogP contribution < -0.4 is 0 Å². The van der Waals surface area contributed by atoms with Gasteiger partial charge in [-0.1, -0.05) is 0 Å². The molecule has 1 heterocycles. The van der Waals surface area contributed by atoms with E-state index >= 15 is 0 Å². The Labute approximate surface area is 110 Å². The molecule has 0 aliphatic carbocycles. The Balaban J connectivity index is 2.13. The number of hydrogen-bond acceptors (Lipinski definition) is 3. The molecule has 4 heteroatoms. The van der Waals surface area contributed by atoms with Crippen molar-refractivity contribution >= 4 is 11.6 Å². The van der Waals surface area contributed by atoms with Crippen molar-refractivity contribution in [1.82, 2.24) is 0 Å². The van der Waals surface area contributed by atoms with E-state index < -0.39 is 5.82 Å². The fourth-order valence-electron chi connectivity index (χ4n) is 1.89. The molecule has 1 aromatic carbocycles. The number of ketones is 2. The third-order valence-corrected chi connectivity index (χ3v) is 2.83.